The van der Waals surface area contributed by atoms with Crippen molar-refractivity contribution in [2.75, 3.05) is 19.6 Å². The molecule has 0 unspecified atom stereocenters. The Kier molecular flexibility index (Phi) is 3.54. The molecule has 1 fully saturated rings. The number of rotatable bonds is 3. The average Bonchev–Trinajstić information content (AvgIpc) is 2.66. The summed E-state index contributed by atoms with van der Waals surface area (Å²) < 4.78 is 0. The van der Waals surface area contributed by atoms with Crippen LogP contribution in [0.2, 0.25) is 0 Å². The Labute approximate surface area is 90.8 Å². The van der Waals surface area contributed by atoms with Gasteiger partial charge >= 0.3 is 0 Å². The smallest absolute Gasteiger partial charge is 0.0679 e. The van der Waals surface area contributed by atoms with Crippen molar-refractivity contribution in [3.8, 4) is 0 Å². The van der Waals surface area contributed by atoms with Gasteiger partial charge in [0.25, 0.3) is 0 Å². The molecule has 0 amide bonds. The van der Waals surface area contributed by atoms with Crippen molar-refractivity contribution >= 4 is 6.08 Å². The molecule has 0 aromatic heterocycles. The summed E-state index contributed by atoms with van der Waals surface area (Å²) >= 11 is 0. The van der Waals surface area contributed by atoms with Gasteiger partial charge in [-0.15, -0.1) is 0 Å². The van der Waals surface area contributed by atoms with Crippen LogP contribution in [0.15, 0.2) is 36.4 Å². The van der Waals surface area contributed by atoms with Crippen LogP contribution in [0.1, 0.15) is 12.0 Å². The van der Waals surface area contributed by atoms with E-state index in [0.717, 1.165) is 26.1 Å². The van der Waals surface area contributed by atoms with Crippen LogP contribution in [0.5, 0.6) is 0 Å². The van der Waals surface area contributed by atoms with Gasteiger partial charge in [-0.3, -0.25) is 4.90 Å². The Morgan fingerprint density at radius 2 is 2.13 bits per heavy atom. The van der Waals surface area contributed by atoms with Crippen LogP contribution in [0.4, 0.5) is 0 Å². The van der Waals surface area contributed by atoms with E-state index in [1.54, 1.807) is 0 Å². The van der Waals surface area contributed by atoms with Crippen molar-refractivity contribution in [1.82, 2.24) is 4.90 Å². The summed E-state index contributed by atoms with van der Waals surface area (Å²) in [7, 11) is 0. The van der Waals surface area contributed by atoms with Crippen molar-refractivity contribution in [2.45, 2.75) is 12.5 Å². The number of β-amino-alcohol motifs (C(OH)–C–C–N with tert-alkyl or cyclic N) is 1. The summed E-state index contributed by atoms with van der Waals surface area (Å²) in [5, 5.41) is 9.35. The largest absolute Gasteiger partial charge is 0.392 e. The normalized spacial score (nSPS) is 22.6. The SMILES string of the molecule is O[C@H]1CCN(C/C=C/c2ccccc2)C1. The zero-order valence-corrected chi connectivity index (χ0v) is 8.84. The molecule has 1 saturated heterocycles. The quantitative estimate of drug-likeness (QED) is 0.809. The Morgan fingerprint density at radius 3 is 2.80 bits per heavy atom. The summed E-state index contributed by atoms with van der Waals surface area (Å²) in [6.45, 7) is 2.77. The molecule has 0 spiro atoms. The van der Waals surface area contributed by atoms with Gasteiger partial charge < -0.3 is 5.11 Å². The fourth-order valence-corrected chi connectivity index (χ4v) is 1.88. The first-order chi connectivity index (χ1) is 7.34. The van der Waals surface area contributed by atoms with Gasteiger partial charge in [-0.2, -0.15) is 0 Å². The zero-order valence-electron chi connectivity index (χ0n) is 8.84. The summed E-state index contributed by atoms with van der Waals surface area (Å²) in [4.78, 5) is 2.27. The number of nitrogens with zero attached hydrogens (tertiary/aromatic N) is 1. The lowest BCUT2D eigenvalue weighted by molar-refractivity contribution is 0.179. The highest BCUT2D eigenvalue weighted by molar-refractivity contribution is 5.48. The Hall–Kier alpha value is -1.12. The number of hydrogen-bond acceptors (Lipinski definition) is 2. The first-order valence-electron chi connectivity index (χ1n) is 5.46. The Balaban J connectivity index is 1.81. The minimum atomic E-state index is -0.116. The maximum absolute atomic E-state index is 9.35. The molecule has 1 aromatic carbocycles. The second-order valence-electron chi connectivity index (χ2n) is 4.02. The van der Waals surface area contributed by atoms with Crippen molar-refractivity contribution in [2.24, 2.45) is 0 Å². The fourth-order valence-electron chi connectivity index (χ4n) is 1.88. The molecule has 2 nitrogen and oxygen atoms in total. The molecule has 1 N–H and O–H groups in total. The zero-order chi connectivity index (χ0) is 10.5. The molecule has 1 aliphatic heterocycles. The molecule has 1 aliphatic rings. The van der Waals surface area contributed by atoms with Gasteiger partial charge in [-0.05, 0) is 12.0 Å². The summed E-state index contributed by atoms with van der Waals surface area (Å²) in [5.41, 5.74) is 1.23. The predicted octanol–water partition coefficient (Wildman–Crippen LogP) is 1.77. The van der Waals surface area contributed by atoms with Gasteiger partial charge in [-0.25, -0.2) is 0 Å². The lowest BCUT2D eigenvalue weighted by Crippen LogP contribution is -2.21. The average molecular weight is 203 g/mol. The molecule has 0 saturated carbocycles. The molecule has 0 bridgehead atoms. The van der Waals surface area contributed by atoms with Gasteiger partial charge in [0.05, 0.1) is 6.10 Å². The first-order valence-corrected chi connectivity index (χ1v) is 5.46. The van der Waals surface area contributed by atoms with Gasteiger partial charge in [0, 0.05) is 19.6 Å². The molecule has 0 aliphatic carbocycles. The first kappa shape index (κ1) is 10.4. The Morgan fingerprint density at radius 1 is 1.33 bits per heavy atom. The molecule has 2 heteroatoms. The minimum Gasteiger partial charge on any atom is -0.392 e. The van der Waals surface area contributed by atoms with Crippen molar-refractivity contribution in [3.05, 3.63) is 42.0 Å². The number of likely N-dealkylation sites (tertiary alicyclic amines) is 1. The van der Waals surface area contributed by atoms with E-state index < -0.39 is 0 Å². The Bertz CT molecular complexity index is 321. The maximum Gasteiger partial charge on any atom is 0.0679 e. The van der Waals surface area contributed by atoms with E-state index in [9.17, 15) is 5.11 Å². The maximum atomic E-state index is 9.35. The minimum absolute atomic E-state index is 0.116. The van der Waals surface area contributed by atoms with Crippen LogP contribution in [0.25, 0.3) is 6.08 Å². The van der Waals surface area contributed by atoms with Crippen molar-refractivity contribution < 1.29 is 5.11 Å². The van der Waals surface area contributed by atoms with E-state index in [4.69, 9.17) is 0 Å². The second-order valence-corrected chi connectivity index (χ2v) is 4.02. The van der Waals surface area contributed by atoms with Gasteiger partial charge in [0.2, 0.25) is 0 Å². The highest BCUT2D eigenvalue weighted by atomic mass is 16.3. The lowest BCUT2D eigenvalue weighted by atomic mass is 10.2. The van der Waals surface area contributed by atoms with E-state index in [1.165, 1.54) is 5.56 Å². The third-order valence-electron chi connectivity index (χ3n) is 2.72. The second kappa shape index (κ2) is 5.10. The van der Waals surface area contributed by atoms with Gasteiger partial charge in [-0.1, -0.05) is 42.5 Å². The van der Waals surface area contributed by atoms with E-state index in [-0.39, 0.29) is 6.10 Å². The van der Waals surface area contributed by atoms with Gasteiger partial charge in [0.1, 0.15) is 0 Å². The molecule has 15 heavy (non-hydrogen) atoms. The van der Waals surface area contributed by atoms with Crippen LogP contribution < -0.4 is 0 Å². The van der Waals surface area contributed by atoms with E-state index in [0.29, 0.717) is 0 Å². The summed E-state index contributed by atoms with van der Waals surface area (Å²) in [5.74, 6) is 0. The monoisotopic (exact) mass is 203 g/mol. The standard InChI is InChI=1S/C13H17NO/c15-13-8-10-14(11-13)9-4-7-12-5-2-1-3-6-12/h1-7,13,15H,8-11H2/b7-4+/t13-/m0/s1. The van der Waals surface area contributed by atoms with Crippen LogP contribution in [0.3, 0.4) is 0 Å². The third kappa shape index (κ3) is 3.18. The number of aliphatic hydroxyl groups excluding tert-OH is 1. The molecule has 2 rings (SSSR count). The van der Waals surface area contributed by atoms with E-state index in [1.807, 2.05) is 18.2 Å². The predicted molar refractivity (Wildman–Crippen MR) is 62.5 cm³/mol. The number of benzene rings is 1. The topological polar surface area (TPSA) is 23.5 Å². The fraction of sp³-hybridized carbons (Fsp3) is 0.385. The highest BCUT2D eigenvalue weighted by Crippen LogP contribution is 2.08. The molecular weight excluding hydrogens is 186 g/mol. The lowest BCUT2D eigenvalue weighted by Gasteiger charge is -2.10. The van der Waals surface area contributed by atoms with Crippen LogP contribution >= 0.6 is 0 Å². The molecule has 1 aromatic rings. The van der Waals surface area contributed by atoms with Crippen molar-refractivity contribution in [1.29, 1.82) is 0 Å². The molecule has 1 heterocycles. The molecular formula is C13H17NO. The summed E-state index contributed by atoms with van der Waals surface area (Å²) in [6.07, 6.45) is 5.09. The number of hydrogen-bond donors (Lipinski definition) is 1. The summed E-state index contributed by atoms with van der Waals surface area (Å²) in [6, 6.07) is 10.3. The third-order valence-corrected chi connectivity index (χ3v) is 2.72. The molecule has 1 atom stereocenters. The van der Waals surface area contributed by atoms with E-state index in [2.05, 4.69) is 29.2 Å². The van der Waals surface area contributed by atoms with Gasteiger partial charge in [0.15, 0.2) is 0 Å². The number of aliphatic hydroxyl groups is 1. The van der Waals surface area contributed by atoms with Crippen LogP contribution in [-0.2, 0) is 0 Å². The van der Waals surface area contributed by atoms with E-state index >= 15 is 0 Å². The molecule has 80 valence electrons. The highest BCUT2D eigenvalue weighted by Gasteiger charge is 2.18. The van der Waals surface area contributed by atoms with Crippen molar-refractivity contribution in [3.63, 3.8) is 0 Å². The van der Waals surface area contributed by atoms with Crippen LogP contribution in [-0.4, -0.2) is 35.7 Å². The molecule has 0 radical (unpaired) electrons. The van der Waals surface area contributed by atoms with Crippen LogP contribution in [0, 0.1) is 0 Å².